The van der Waals surface area contributed by atoms with Gasteiger partial charge in [-0.1, -0.05) is 11.6 Å². The summed E-state index contributed by atoms with van der Waals surface area (Å²) < 4.78 is 0. The summed E-state index contributed by atoms with van der Waals surface area (Å²) in [6.45, 7) is 2.17. The molecule has 0 saturated heterocycles. The van der Waals surface area contributed by atoms with Gasteiger partial charge in [0.1, 0.15) is 12.0 Å². The Balaban J connectivity index is 0.00000196. The van der Waals surface area contributed by atoms with Crippen molar-refractivity contribution in [1.82, 2.24) is 15.3 Å². The number of hydrogen-bond donors (Lipinski definition) is 2. The van der Waals surface area contributed by atoms with Gasteiger partial charge in [0.2, 0.25) is 0 Å². The fraction of sp³-hybridized carbons (Fsp3) is 0.375. The number of nitrogens with zero attached hydrogens (tertiary/aromatic N) is 2. The van der Waals surface area contributed by atoms with E-state index in [0.29, 0.717) is 6.54 Å². The monoisotopic (exact) mass is 250 g/mol. The second-order valence-electron chi connectivity index (χ2n) is 2.83. The molecule has 1 heterocycles. The summed E-state index contributed by atoms with van der Waals surface area (Å²) >= 11 is 5.73. The van der Waals surface area contributed by atoms with E-state index in [1.165, 1.54) is 12.5 Å². The van der Waals surface area contributed by atoms with Crippen LogP contribution in [0.4, 0.5) is 0 Å². The van der Waals surface area contributed by atoms with Gasteiger partial charge in [0, 0.05) is 18.8 Å². The molecule has 0 aromatic carbocycles. The van der Waals surface area contributed by atoms with Gasteiger partial charge >= 0.3 is 0 Å². The number of hydrogen-bond acceptors (Lipinski definition) is 4. The van der Waals surface area contributed by atoms with Gasteiger partial charge in [-0.2, -0.15) is 0 Å². The Labute approximate surface area is 98.8 Å². The van der Waals surface area contributed by atoms with Gasteiger partial charge in [-0.15, -0.1) is 12.4 Å². The maximum absolute atomic E-state index is 11.5. The van der Waals surface area contributed by atoms with Crippen molar-refractivity contribution in [1.29, 1.82) is 0 Å². The lowest BCUT2D eigenvalue weighted by Gasteiger charge is -2.10. The molecule has 1 aromatic rings. The lowest BCUT2D eigenvalue weighted by atomic mass is 10.3. The van der Waals surface area contributed by atoms with E-state index in [0.717, 1.165) is 0 Å². The molecule has 0 aliphatic rings. The van der Waals surface area contributed by atoms with Crippen LogP contribution in [0.15, 0.2) is 12.5 Å². The third kappa shape index (κ3) is 3.99. The molecule has 0 aliphatic carbocycles. The molecule has 0 saturated carbocycles. The maximum Gasteiger partial charge on any atom is 0.271 e. The van der Waals surface area contributed by atoms with Gasteiger partial charge in [0.15, 0.2) is 0 Å². The second kappa shape index (κ2) is 6.55. The Morgan fingerprint density at radius 1 is 1.73 bits per heavy atom. The first kappa shape index (κ1) is 14.1. The molecular formula is C8H12Cl2N4O. The smallest absolute Gasteiger partial charge is 0.271 e. The number of nitrogens with two attached hydrogens (primary N) is 1. The van der Waals surface area contributed by atoms with Crippen LogP contribution in [0.5, 0.6) is 0 Å². The summed E-state index contributed by atoms with van der Waals surface area (Å²) in [7, 11) is 0. The SMILES string of the molecule is C[C@H](CN)NC(=O)c1ncncc1Cl.Cl. The molecule has 0 spiro atoms. The molecular weight excluding hydrogens is 239 g/mol. The van der Waals surface area contributed by atoms with E-state index in [2.05, 4.69) is 15.3 Å². The second-order valence-corrected chi connectivity index (χ2v) is 3.24. The summed E-state index contributed by atoms with van der Waals surface area (Å²) in [5, 5.41) is 2.88. The van der Waals surface area contributed by atoms with Crippen LogP contribution in [0.1, 0.15) is 17.4 Å². The highest BCUT2D eigenvalue weighted by Gasteiger charge is 2.13. The van der Waals surface area contributed by atoms with Crippen molar-refractivity contribution in [2.24, 2.45) is 5.73 Å². The van der Waals surface area contributed by atoms with Crippen molar-refractivity contribution in [3.05, 3.63) is 23.2 Å². The largest absolute Gasteiger partial charge is 0.347 e. The van der Waals surface area contributed by atoms with Gasteiger partial charge in [0.25, 0.3) is 5.91 Å². The topological polar surface area (TPSA) is 80.9 Å². The van der Waals surface area contributed by atoms with Gasteiger partial charge in [-0.3, -0.25) is 4.79 Å². The van der Waals surface area contributed by atoms with E-state index < -0.39 is 0 Å². The number of amides is 1. The van der Waals surface area contributed by atoms with Crippen LogP contribution in [0.3, 0.4) is 0 Å². The van der Waals surface area contributed by atoms with Crippen LogP contribution in [-0.4, -0.2) is 28.5 Å². The van der Waals surface area contributed by atoms with Crippen LogP contribution in [-0.2, 0) is 0 Å². The molecule has 5 nitrogen and oxygen atoms in total. The van der Waals surface area contributed by atoms with Crippen LogP contribution in [0.2, 0.25) is 5.02 Å². The standard InChI is InChI=1S/C8H11ClN4O.ClH/c1-5(2-10)13-8(14)7-6(9)3-11-4-12-7;/h3-5H,2,10H2,1H3,(H,13,14);1H/t5-;/m1./s1. The normalized spacial score (nSPS) is 11.4. The summed E-state index contributed by atoms with van der Waals surface area (Å²) in [4.78, 5) is 18.9. The van der Waals surface area contributed by atoms with E-state index in [4.69, 9.17) is 17.3 Å². The van der Waals surface area contributed by atoms with Crippen molar-refractivity contribution in [3.63, 3.8) is 0 Å². The number of carbonyl (C=O) groups is 1. The first-order valence-electron chi connectivity index (χ1n) is 4.11. The minimum atomic E-state index is -0.338. The van der Waals surface area contributed by atoms with Crippen molar-refractivity contribution in [2.75, 3.05) is 6.54 Å². The third-order valence-corrected chi connectivity index (χ3v) is 1.89. The van der Waals surface area contributed by atoms with Gasteiger partial charge < -0.3 is 11.1 Å². The van der Waals surface area contributed by atoms with E-state index in [1.807, 2.05) is 0 Å². The maximum atomic E-state index is 11.5. The highest BCUT2D eigenvalue weighted by atomic mass is 35.5. The molecule has 1 amide bonds. The van der Waals surface area contributed by atoms with Gasteiger partial charge in [-0.05, 0) is 6.92 Å². The van der Waals surface area contributed by atoms with Crippen LogP contribution in [0.25, 0.3) is 0 Å². The molecule has 0 bridgehead atoms. The average molecular weight is 251 g/mol. The fourth-order valence-corrected chi connectivity index (χ4v) is 1.02. The number of aromatic nitrogens is 2. The van der Waals surface area contributed by atoms with Gasteiger partial charge in [-0.25, -0.2) is 9.97 Å². The Morgan fingerprint density at radius 2 is 2.40 bits per heavy atom. The van der Waals surface area contributed by atoms with E-state index in [1.54, 1.807) is 6.92 Å². The molecule has 1 atom stereocenters. The number of carbonyl (C=O) groups excluding carboxylic acids is 1. The van der Waals surface area contributed by atoms with Crippen LogP contribution >= 0.6 is 24.0 Å². The zero-order chi connectivity index (χ0) is 10.6. The Hall–Kier alpha value is -0.910. The van der Waals surface area contributed by atoms with Crippen molar-refractivity contribution >= 4 is 29.9 Å². The summed E-state index contributed by atoms with van der Waals surface area (Å²) in [5.74, 6) is -0.338. The first-order valence-corrected chi connectivity index (χ1v) is 4.49. The molecule has 1 aromatic heterocycles. The first-order chi connectivity index (χ1) is 6.65. The number of halogens is 2. The van der Waals surface area contributed by atoms with E-state index in [9.17, 15) is 4.79 Å². The predicted octanol–water partition coefficient (Wildman–Crippen LogP) is 0.629. The van der Waals surface area contributed by atoms with E-state index in [-0.39, 0.29) is 35.1 Å². The highest BCUT2D eigenvalue weighted by Crippen LogP contribution is 2.10. The minimum Gasteiger partial charge on any atom is -0.347 e. The zero-order valence-corrected chi connectivity index (χ0v) is 9.68. The molecule has 1 rings (SSSR count). The average Bonchev–Trinajstić information content (AvgIpc) is 2.18. The van der Waals surface area contributed by atoms with Crippen LogP contribution < -0.4 is 11.1 Å². The molecule has 0 unspecified atom stereocenters. The lowest BCUT2D eigenvalue weighted by molar-refractivity contribution is 0.0936. The Kier molecular flexibility index (Phi) is 6.15. The molecule has 0 fully saturated rings. The lowest BCUT2D eigenvalue weighted by Crippen LogP contribution is -2.38. The zero-order valence-electron chi connectivity index (χ0n) is 8.11. The molecule has 3 N–H and O–H groups in total. The Morgan fingerprint density at radius 3 is 2.93 bits per heavy atom. The van der Waals surface area contributed by atoms with E-state index >= 15 is 0 Å². The minimum absolute atomic E-state index is 0. The Bertz CT molecular complexity index is 334. The predicted molar refractivity (Wildman–Crippen MR) is 60.3 cm³/mol. The molecule has 15 heavy (non-hydrogen) atoms. The number of rotatable bonds is 3. The quantitative estimate of drug-likeness (QED) is 0.825. The molecule has 84 valence electrons. The number of nitrogens with one attached hydrogen (secondary N) is 1. The van der Waals surface area contributed by atoms with Crippen molar-refractivity contribution in [2.45, 2.75) is 13.0 Å². The summed E-state index contributed by atoms with van der Waals surface area (Å²) in [6, 6.07) is -0.103. The third-order valence-electron chi connectivity index (χ3n) is 1.61. The van der Waals surface area contributed by atoms with Crippen molar-refractivity contribution in [3.8, 4) is 0 Å². The summed E-state index contributed by atoms with van der Waals surface area (Å²) in [6.07, 6.45) is 2.64. The van der Waals surface area contributed by atoms with Gasteiger partial charge in [0.05, 0.1) is 5.02 Å². The summed E-state index contributed by atoms with van der Waals surface area (Å²) in [5.41, 5.74) is 5.52. The fourth-order valence-electron chi connectivity index (χ4n) is 0.831. The van der Waals surface area contributed by atoms with Crippen molar-refractivity contribution < 1.29 is 4.79 Å². The molecule has 0 radical (unpaired) electrons. The van der Waals surface area contributed by atoms with Crippen LogP contribution in [0, 0.1) is 0 Å². The highest BCUT2D eigenvalue weighted by molar-refractivity contribution is 6.33. The molecule has 0 aliphatic heterocycles. The molecule has 7 heteroatoms.